The highest BCUT2D eigenvalue weighted by atomic mass is 16.5. The van der Waals surface area contributed by atoms with Gasteiger partial charge in [-0.3, -0.25) is 0 Å². The van der Waals surface area contributed by atoms with Gasteiger partial charge < -0.3 is 20.9 Å². The SMILES string of the molecule is CC(C)=CCCCC(C)C1CCC2C3CC(COC(=O)c4cccc(N)c4)C4C(C)(C)C(OC(=O)c5cccc(N)c5)CCC4(C)C3CCC12C. The maximum absolute atomic E-state index is 13.5. The van der Waals surface area contributed by atoms with Crippen LogP contribution >= 0.6 is 0 Å². The topological polar surface area (TPSA) is 105 Å². The van der Waals surface area contributed by atoms with Gasteiger partial charge in [0, 0.05) is 16.8 Å². The molecule has 278 valence electrons. The number of nitrogen functional groups attached to an aromatic ring is 2. The predicted octanol–water partition coefficient (Wildman–Crippen LogP) is 10.5. The monoisotopic (exact) mass is 696 g/mol. The zero-order valence-electron chi connectivity index (χ0n) is 32.4. The maximum atomic E-state index is 13.5. The summed E-state index contributed by atoms with van der Waals surface area (Å²) in [6.07, 6.45) is 14.0. The summed E-state index contributed by atoms with van der Waals surface area (Å²) in [5, 5.41) is 0. The van der Waals surface area contributed by atoms with E-state index >= 15 is 0 Å². The number of esters is 2. The molecule has 51 heavy (non-hydrogen) atoms. The number of rotatable bonds is 10. The van der Waals surface area contributed by atoms with Crippen molar-refractivity contribution in [3.63, 3.8) is 0 Å². The number of unbranched alkanes of at least 4 members (excludes halogenated alkanes) is 1. The van der Waals surface area contributed by atoms with Crippen LogP contribution in [-0.2, 0) is 9.47 Å². The zero-order chi connectivity index (χ0) is 36.7. The minimum Gasteiger partial charge on any atom is -0.462 e. The van der Waals surface area contributed by atoms with E-state index in [4.69, 9.17) is 20.9 Å². The predicted molar refractivity (Wildman–Crippen MR) is 207 cm³/mol. The number of carbonyl (C=O) groups excluding carboxylic acids is 2. The summed E-state index contributed by atoms with van der Waals surface area (Å²) in [6, 6.07) is 14.1. The summed E-state index contributed by atoms with van der Waals surface area (Å²) >= 11 is 0. The van der Waals surface area contributed by atoms with E-state index < -0.39 is 0 Å². The molecule has 4 saturated carbocycles. The van der Waals surface area contributed by atoms with Crippen LogP contribution in [0.5, 0.6) is 0 Å². The number of carbonyl (C=O) groups is 2. The van der Waals surface area contributed by atoms with Crippen LogP contribution in [0, 0.1) is 57.7 Å². The number of anilines is 2. The van der Waals surface area contributed by atoms with Gasteiger partial charge in [0.2, 0.25) is 0 Å². The van der Waals surface area contributed by atoms with Gasteiger partial charge in [0.1, 0.15) is 6.10 Å². The Hall–Kier alpha value is -3.28. The van der Waals surface area contributed by atoms with Crippen molar-refractivity contribution in [3.05, 3.63) is 71.3 Å². The highest BCUT2D eigenvalue weighted by molar-refractivity contribution is 5.91. The van der Waals surface area contributed by atoms with Gasteiger partial charge in [0.15, 0.2) is 0 Å². The molecule has 0 aromatic heterocycles. The largest absolute Gasteiger partial charge is 0.462 e. The minimum absolute atomic E-state index is 0.0517. The summed E-state index contributed by atoms with van der Waals surface area (Å²) in [4.78, 5) is 27.0. The zero-order valence-corrected chi connectivity index (χ0v) is 32.4. The molecule has 0 radical (unpaired) electrons. The lowest BCUT2D eigenvalue weighted by Crippen LogP contribution is -2.63. The highest BCUT2D eigenvalue weighted by Gasteiger charge is 2.66. The van der Waals surface area contributed by atoms with Crippen LogP contribution in [0.15, 0.2) is 60.2 Å². The van der Waals surface area contributed by atoms with Crippen LogP contribution in [0.2, 0.25) is 0 Å². The first kappa shape index (κ1) is 37.5. The Kier molecular flexibility index (Phi) is 10.7. The molecule has 6 nitrogen and oxygen atoms in total. The fourth-order valence-electron chi connectivity index (χ4n) is 12.7. The number of nitrogens with two attached hydrogens (primary N) is 2. The van der Waals surface area contributed by atoms with Gasteiger partial charge in [0.25, 0.3) is 0 Å². The van der Waals surface area contributed by atoms with Gasteiger partial charge in [-0.1, -0.05) is 64.8 Å². The average Bonchev–Trinajstić information content (AvgIpc) is 3.44. The Morgan fingerprint density at radius 3 is 2.14 bits per heavy atom. The number of allylic oxidation sites excluding steroid dienone is 2. The second-order valence-electron chi connectivity index (χ2n) is 18.4. The van der Waals surface area contributed by atoms with Crippen molar-refractivity contribution < 1.29 is 19.1 Å². The van der Waals surface area contributed by atoms with Crippen molar-refractivity contribution >= 4 is 23.3 Å². The van der Waals surface area contributed by atoms with E-state index in [9.17, 15) is 9.59 Å². The fourth-order valence-corrected chi connectivity index (χ4v) is 12.7. The van der Waals surface area contributed by atoms with E-state index in [-0.39, 0.29) is 40.7 Å². The van der Waals surface area contributed by atoms with Gasteiger partial charge >= 0.3 is 11.9 Å². The van der Waals surface area contributed by atoms with Crippen LogP contribution in [0.25, 0.3) is 0 Å². The lowest BCUT2D eigenvalue weighted by Gasteiger charge is -2.67. The molecule has 0 heterocycles. The lowest BCUT2D eigenvalue weighted by molar-refractivity contribution is -0.207. The number of benzene rings is 2. The van der Waals surface area contributed by atoms with E-state index in [2.05, 4.69) is 54.5 Å². The number of fused-ring (bicyclic) bond motifs is 5. The molecule has 0 spiro atoms. The summed E-state index contributed by atoms with van der Waals surface area (Å²) in [6.45, 7) is 17.1. The molecule has 10 unspecified atom stereocenters. The summed E-state index contributed by atoms with van der Waals surface area (Å²) in [5.41, 5.74) is 15.7. The molecule has 2 aromatic carbocycles. The summed E-state index contributed by atoms with van der Waals surface area (Å²) < 4.78 is 12.6. The van der Waals surface area contributed by atoms with E-state index in [1.54, 1.807) is 48.5 Å². The fraction of sp³-hybridized carbons (Fsp3) is 0.644. The molecule has 0 amide bonds. The Morgan fingerprint density at radius 2 is 1.49 bits per heavy atom. The van der Waals surface area contributed by atoms with Crippen LogP contribution in [0.3, 0.4) is 0 Å². The molecular formula is C45H64N2O4. The molecule has 0 aliphatic heterocycles. The van der Waals surface area contributed by atoms with Gasteiger partial charge in [0.05, 0.1) is 17.7 Å². The van der Waals surface area contributed by atoms with E-state index in [1.165, 1.54) is 50.5 Å². The van der Waals surface area contributed by atoms with Crippen molar-refractivity contribution in [2.45, 2.75) is 119 Å². The first-order valence-corrected chi connectivity index (χ1v) is 19.9. The van der Waals surface area contributed by atoms with E-state index in [0.29, 0.717) is 52.3 Å². The Labute approximate surface area is 307 Å². The van der Waals surface area contributed by atoms with Crippen LogP contribution in [0.4, 0.5) is 11.4 Å². The minimum atomic E-state index is -0.319. The number of ether oxygens (including phenoxy) is 2. The Balaban J connectivity index is 1.27. The van der Waals surface area contributed by atoms with Crippen molar-refractivity contribution in [3.8, 4) is 0 Å². The third kappa shape index (κ3) is 7.22. The summed E-state index contributed by atoms with van der Waals surface area (Å²) in [5.74, 6) is 3.14. The Morgan fingerprint density at radius 1 is 0.863 bits per heavy atom. The van der Waals surface area contributed by atoms with Crippen molar-refractivity contribution in [2.24, 2.45) is 57.7 Å². The molecule has 10 atom stereocenters. The maximum Gasteiger partial charge on any atom is 0.338 e. The van der Waals surface area contributed by atoms with Gasteiger partial charge in [-0.05, 0) is 160 Å². The second-order valence-corrected chi connectivity index (χ2v) is 18.4. The second kappa shape index (κ2) is 14.6. The standard InChI is InChI=1S/C45H64N2O4/c1-28(2)12-8-9-13-29(3)36-18-19-37-35-26-32(27-50-41(48)30-14-10-16-33(46)24-30)40-43(4,5)39(51-42(49)31-15-11-17-34(47)25-31)21-23-45(40,7)38(35)20-22-44(36,37)6/h10-12,14-17,24-25,29,32,35-40H,8-9,13,18-23,26-27,46-47H2,1-7H3. The normalized spacial score (nSPS) is 34.3. The van der Waals surface area contributed by atoms with E-state index in [1.807, 2.05) is 0 Å². The molecule has 4 aliphatic rings. The van der Waals surface area contributed by atoms with Crippen molar-refractivity contribution in [1.82, 2.24) is 0 Å². The third-order valence-electron chi connectivity index (χ3n) is 14.7. The molecule has 4 aliphatic carbocycles. The van der Waals surface area contributed by atoms with Crippen LogP contribution in [0.1, 0.15) is 133 Å². The first-order chi connectivity index (χ1) is 24.1. The van der Waals surface area contributed by atoms with Crippen LogP contribution in [-0.4, -0.2) is 24.6 Å². The number of hydrogen-bond acceptors (Lipinski definition) is 6. The Bertz CT molecular complexity index is 1610. The average molecular weight is 697 g/mol. The van der Waals surface area contributed by atoms with Crippen LogP contribution < -0.4 is 11.5 Å². The highest BCUT2D eigenvalue weighted by Crippen LogP contribution is 2.71. The lowest BCUT2D eigenvalue weighted by atomic mass is 9.39. The van der Waals surface area contributed by atoms with E-state index in [0.717, 1.165) is 31.1 Å². The molecule has 6 rings (SSSR count). The molecule has 6 heteroatoms. The van der Waals surface area contributed by atoms with Crippen molar-refractivity contribution in [1.29, 1.82) is 0 Å². The molecule has 4 fully saturated rings. The number of hydrogen-bond donors (Lipinski definition) is 2. The molecular weight excluding hydrogens is 633 g/mol. The molecule has 0 bridgehead atoms. The smallest absolute Gasteiger partial charge is 0.338 e. The summed E-state index contributed by atoms with van der Waals surface area (Å²) in [7, 11) is 0. The first-order valence-electron chi connectivity index (χ1n) is 19.9. The van der Waals surface area contributed by atoms with Crippen molar-refractivity contribution in [2.75, 3.05) is 18.1 Å². The molecule has 4 N–H and O–H groups in total. The quantitative estimate of drug-likeness (QED) is 0.111. The third-order valence-corrected chi connectivity index (χ3v) is 14.7. The molecule has 0 saturated heterocycles. The van der Waals surface area contributed by atoms with Gasteiger partial charge in [-0.15, -0.1) is 0 Å². The van der Waals surface area contributed by atoms with Gasteiger partial charge in [-0.2, -0.15) is 0 Å². The van der Waals surface area contributed by atoms with Gasteiger partial charge in [-0.25, -0.2) is 9.59 Å². The molecule has 2 aromatic rings.